The van der Waals surface area contributed by atoms with E-state index in [-0.39, 0.29) is 23.8 Å². The molecule has 2 aliphatic heterocycles. The summed E-state index contributed by atoms with van der Waals surface area (Å²) in [6.07, 6.45) is 2.16. The Morgan fingerprint density at radius 2 is 2.10 bits per heavy atom. The van der Waals surface area contributed by atoms with Crippen LogP contribution in [0.3, 0.4) is 0 Å². The van der Waals surface area contributed by atoms with Crippen molar-refractivity contribution < 1.29 is 19.6 Å². The minimum atomic E-state index is -0.767. The van der Waals surface area contributed by atoms with Gasteiger partial charge in [-0.1, -0.05) is 0 Å². The largest absolute Gasteiger partial charge is 0.514 e. The van der Waals surface area contributed by atoms with Crippen molar-refractivity contribution in [2.45, 2.75) is 50.7 Å². The lowest BCUT2D eigenvalue weighted by Crippen LogP contribution is -2.51. The number of rotatable bonds is 4. The first-order chi connectivity index (χ1) is 9.86. The van der Waals surface area contributed by atoms with Crippen molar-refractivity contribution in [2.24, 2.45) is 0 Å². The molecular formula is C13H21BN2O4S. The number of aliphatic hydroxyl groups is 1. The first-order valence-corrected chi connectivity index (χ1v) is 8.30. The second-order valence-electron chi connectivity index (χ2n) is 5.81. The highest BCUT2D eigenvalue weighted by atomic mass is 32.2. The summed E-state index contributed by atoms with van der Waals surface area (Å²) in [5, 5.41) is 28.8. The van der Waals surface area contributed by atoms with Crippen LogP contribution in [0.5, 0.6) is 0 Å². The van der Waals surface area contributed by atoms with Crippen molar-refractivity contribution in [3.05, 3.63) is 11.8 Å². The number of hydrogen-bond donors (Lipinski definition) is 2. The highest BCUT2D eigenvalue weighted by Gasteiger charge is 2.59. The van der Waals surface area contributed by atoms with Gasteiger partial charge in [0.15, 0.2) is 5.79 Å². The molecule has 4 atom stereocenters. The Morgan fingerprint density at radius 1 is 1.48 bits per heavy atom. The van der Waals surface area contributed by atoms with Crippen LogP contribution in [0.15, 0.2) is 11.8 Å². The lowest BCUT2D eigenvalue weighted by molar-refractivity contribution is -0.160. The SMILES string of the molecule is CSC[C@@H]1[C@H]2OC(C)(C)O[C@H]2[C@H](/C(C#N)=C/O)N1B(C)O. The summed E-state index contributed by atoms with van der Waals surface area (Å²) in [7, 11) is -0.767. The van der Waals surface area contributed by atoms with E-state index in [1.165, 1.54) is 0 Å². The maximum atomic E-state index is 10.1. The third kappa shape index (κ3) is 2.94. The molecule has 0 spiro atoms. The lowest BCUT2D eigenvalue weighted by Gasteiger charge is -2.34. The monoisotopic (exact) mass is 312 g/mol. The summed E-state index contributed by atoms with van der Waals surface area (Å²) in [6, 6.07) is 1.40. The average Bonchev–Trinajstić information content (AvgIpc) is 2.85. The zero-order valence-electron chi connectivity index (χ0n) is 12.7. The van der Waals surface area contributed by atoms with Gasteiger partial charge in [0.2, 0.25) is 0 Å². The van der Waals surface area contributed by atoms with Crippen LogP contribution in [0.1, 0.15) is 13.8 Å². The highest BCUT2D eigenvalue weighted by molar-refractivity contribution is 7.98. The number of thioether (sulfide) groups is 1. The predicted octanol–water partition coefficient (Wildman–Crippen LogP) is 0.998. The number of aliphatic hydroxyl groups excluding tert-OH is 1. The van der Waals surface area contributed by atoms with Gasteiger partial charge in [0.25, 0.3) is 0 Å². The standard InChI is InChI=1S/C13H21BN2O4S/c1-13(2)19-11-9(7-21-4)16(14(3)18)10(12(11)20-13)8(5-15)6-17/h6,9-12,17-18H,7H2,1-4H3/b8-6+/t9-,10+,11-,12+/m1/s1. The van der Waals surface area contributed by atoms with E-state index in [0.717, 1.165) is 12.0 Å². The Balaban J connectivity index is 2.42. The van der Waals surface area contributed by atoms with Crippen molar-refractivity contribution in [3.8, 4) is 6.07 Å². The van der Waals surface area contributed by atoms with E-state index in [9.17, 15) is 15.4 Å². The molecule has 0 radical (unpaired) electrons. The molecular weight excluding hydrogens is 291 g/mol. The number of nitrogens with zero attached hydrogens (tertiary/aromatic N) is 2. The van der Waals surface area contributed by atoms with Crippen LogP contribution in [0.25, 0.3) is 0 Å². The van der Waals surface area contributed by atoms with Crippen LogP contribution in [0, 0.1) is 11.3 Å². The van der Waals surface area contributed by atoms with Gasteiger partial charge >= 0.3 is 7.05 Å². The van der Waals surface area contributed by atoms with Crippen LogP contribution >= 0.6 is 11.8 Å². The molecule has 2 N–H and O–H groups in total. The van der Waals surface area contributed by atoms with Crippen LogP contribution in [-0.4, -0.2) is 64.1 Å². The Kier molecular flexibility index (Phi) is 4.91. The molecule has 2 fully saturated rings. The van der Waals surface area contributed by atoms with Crippen molar-refractivity contribution in [2.75, 3.05) is 12.0 Å². The van der Waals surface area contributed by atoms with Gasteiger partial charge in [-0.2, -0.15) is 17.0 Å². The first kappa shape index (κ1) is 16.7. The first-order valence-electron chi connectivity index (χ1n) is 6.90. The molecule has 0 bridgehead atoms. The van der Waals surface area contributed by atoms with Gasteiger partial charge in [-0.05, 0) is 26.9 Å². The molecule has 6 nitrogen and oxygen atoms in total. The molecule has 0 aliphatic carbocycles. The highest BCUT2D eigenvalue weighted by Crippen LogP contribution is 2.43. The molecule has 116 valence electrons. The van der Waals surface area contributed by atoms with Gasteiger partial charge in [0.05, 0.1) is 23.9 Å². The van der Waals surface area contributed by atoms with E-state index < -0.39 is 18.9 Å². The molecule has 8 heteroatoms. The van der Waals surface area contributed by atoms with Crippen LogP contribution < -0.4 is 0 Å². The number of hydrogen-bond acceptors (Lipinski definition) is 7. The van der Waals surface area contributed by atoms with Crippen molar-refractivity contribution in [1.29, 1.82) is 5.26 Å². The molecule has 2 saturated heterocycles. The Morgan fingerprint density at radius 3 is 2.57 bits per heavy atom. The van der Waals surface area contributed by atoms with E-state index in [0.29, 0.717) is 0 Å². The molecule has 2 heterocycles. The van der Waals surface area contributed by atoms with Gasteiger partial charge in [0.1, 0.15) is 12.2 Å². The zero-order chi connectivity index (χ0) is 15.8. The van der Waals surface area contributed by atoms with E-state index in [1.807, 2.05) is 26.2 Å². The zero-order valence-corrected chi connectivity index (χ0v) is 13.5. The maximum Gasteiger partial charge on any atom is 0.377 e. The van der Waals surface area contributed by atoms with E-state index in [4.69, 9.17) is 9.47 Å². The predicted molar refractivity (Wildman–Crippen MR) is 81.8 cm³/mol. The molecule has 0 aromatic rings. The number of fused-ring (bicyclic) bond motifs is 1. The van der Waals surface area contributed by atoms with Crippen molar-refractivity contribution >= 4 is 18.8 Å². The lowest BCUT2D eigenvalue weighted by atomic mass is 9.81. The smallest absolute Gasteiger partial charge is 0.377 e. The summed E-state index contributed by atoms with van der Waals surface area (Å²) >= 11 is 1.64. The summed E-state index contributed by atoms with van der Waals surface area (Å²) in [4.78, 5) is 1.80. The second kappa shape index (κ2) is 6.19. The van der Waals surface area contributed by atoms with Gasteiger partial charge in [-0.25, -0.2) is 0 Å². The van der Waals surface area contributed by atoms with E-state index >= 15 is 0 Å². The minimum absolute atomic E-state index is 0.0833. The summed E-state index contributed by atoms with van der Waals surface area (Å²) in [6.45, 7) is 5.32. The Bertz CT molecular complexity index is 466. The minimum Gasteiger partial charge on any atom is -0.514 e. The summed E-state index contributed by atoms with van der Waals surface area (Å²) < 4.78 is 11.9. The fraction of sp³-hybridized carbons (Fsp3) is 0.769. The Hall–Kier alpha value is -0.715. The second-order valence-corrected chi connectivity index (χ2v) is 6.72. The van der Waals surface area contributed by atoms with Gasteiger partial charge < -0.3 is 24.4 Å². The molecule has 0 unspecified atom stereocenters. The molecule has 2 aliphatic rings. The number of nitriles is 1. The summed E-state index contributed by atoms with van der Waals surface area (Å²) in [5.41, 5.74) is 0.177. The van der Waals surface area contributed by atoms with Gasteiger partial charge in [-0.3, -0.25) is 0 Å². The van der Waals surface area contributed by atoms with Gasteiger partial charge in [0, 0.05) is 11.8 Å². The average molecular weight is 312 g/mol. The summed E-state index contributed by atoms with van der Waals surface area (Å²) in [5.74, 6) is 0.0111. The fourth-order valence-electron chi connectivity index (χ4n) is 3.27. The maximum absolute atomic E-state index is 10.1. The quantitative estimate of drug-likeness (QED) is 0.455. The molecule has 0 aromatic carbocycles. The normalized spacial score (nSPS) is 35.5. The molecule has 21 heavy (non-hydrogen) atoms. The third-order valence-corrected chi connectivity index (χ3v) is 4.59. The molecule has 0 aromatic heterocycles. The third-order valence-electron chi connectivity index (χ3n) is 3.91. The van der Waals surface area contributed by atoms with Crippen molar-refractivity contribution in [3.63, 3.8) is 0 Å². The van der Waals surface area contributed by atoms with Crippen LogP contribution in [-0.2, 0) is 9.47 Å². The fourth-order valence-corrected chi connectivity index (χ4v) is 3.98. The molecule has 0 amide bonds. The van der Waals surface area contributed by atoms with Crippen LogP contribution in [0.2, 0.25) is 6.82 Å². The van der Waals surface area contributed by atoms with E-state index in [2.05, 4.69) is 0 Å². The van der Waals surface area contributed by atoms with E-state index in [1.54, 1.807) is 23.4 Å². The molecule has 2 rings (SSSR count). The topological polar surface area (TPSA) is 86.0 Å². The Labute approximate surface area is 129 Å². The van der Waals surface area contributed by atoms with Crippen molar-refractivity contribution in [1.82, 2.24) is 4.81 Å². The van der Waals surface area contributed by atoms with Gasteiger partial charge in [-0.15, -0.1) is 0 Å². The molecule has 0 saturated carbocycles. The number of ether oxygens (including phenoxy) is 2. The van der Waals surface area contributed by atoms with Crippen LogP contribution in [0.4, 0.5) is 0 Å².